The van der Waals surface area contributed by atoms with Crippen molar-refractivity contribution >= 4 is 17.6 Å². The summed E-state index contributed by atoms with van der Waals surface area (Å²) in [4.78, 5) is 20.9. The van der Waals surface area contributed by atoms with E-state index in [1.807, 2.05) is 12.1 Å². The Hall–Kier alpha value is -3.94. The molecule has 0 aliphatic carbocycles. The van der Waals surface area contributed by atoms with Crippen molar-refractivity contribution in [3.8, 4) is 22.8 Å². The quantitative estimate of drug-likeness (QED) is 0.464. The Labute approximate surface area is 161 Å². The number of nitrogen functional groups attached to an aromatic ring is 1. The number of nitrogens with zero attached hydrogens (tertiary/aromatic N) is 2. The molecule has 2 aromatic carbocycles. The van der Waals surface area contributed by atoms with Gasteiger partial charge in [-0.1, -0.05) is 0 Å². The normalized spacial score (nSPS) is 10.2. The minimum absolute atomic E-state index is 0.0530. The molecule has 4 N–H and O–H groups in total. The fraction of sp³-hybridized carbons (Fsp3) is 0.100. The van der Waals surface area contributed by atoms with Crippen LogP contribution in [0.2, 0.25) is 0 Å². The van der Waals surface area contributed by atoms with Crippen LogP contribution in [0.1, 0.15) is 16.1 Å². The number of amidine groups is 1. The average Bonchev–Trinajstić information content (AvgIpc) is 2.74. The van der Waals surface area contributed by atoms with E-state index in [-0.39, 0.29) is 17.3 Å². The van der Waals surface area contributed by atoms with Gasteiger partial charge in [0.2, 0.25) is 0 Å². The number of hydrogen-bond donors (Lipinski definition) is 3. The number of anilines is 1. The first-order chi connectivity index (χ1) is 13.5. The second-order valence-electron chi connectivity index (χ2n) is 5.78. The van der Waals surface area contributed by atoms with Gasteiger partial charge >= 0.3 is 0 Å². The summed E-state index contributed by atoms with van der Waals surface area (Å²) in [6.07, 6.45) is 1.51. The standard InChI is InChI=1S/C20H19N5O3/c1-27-14-7-3-12(4-8-14)16-11-23-18(21)17(24-16)19(22)25-20(26)13-5-9-15(28-2)10-6-13/h3-11H,1-2H3,(H2,21,23)(H2,22,25,26). The molecule has 8 nitrogen and oxygen atoms in total. The minimum Gasteiger partial charge on any atom is -0.497 e. The van der Waals surface area contributed by atoms with Gasteiger partial charge in [0, 0.05) is 11.1 Å². The summed E-state index contributed by atoms with van der Waals surface area (Å²) in [5.74, 6) is 0.711. The third-order valence-corrected chi connectivity index (χ3v) is 4.01. The number of amides is 1. The van der Waals surface area contributed by atoms with Gasteiger partial charge in [0.05, 0.1) is 26.1 Å². The molecule has 0 spiro atoms. The highest BCUT2D eigenvalue weighted by molar-refractivity contribution is 6.12. The molecule has 0 fully saturated rings. The van der Waals surface area contributed by atoms with Gasteiger partial charge in [0.25, 0.3) is 5.91 Å². The van der Waals surface area contributed by atoms with Crippen LogP contribution in [-0.2, 0) is 0 Å². The number of nitrogens with two attached hydrogens (primary N) is 1. The van der Waals surface area contributed by atoms with Crippen molar-refractivity contribution in [1.82, 2.24) is 15.3 Å². The van der Waals surface area contributed by atoms with Crippen LogP contribution in [0.25, 0.3) is 11.3 Å². The molecule has 3 rings (SSSR count). The van der Waals surface area contributed by atoms with E-state index in [2.05, 4.69) is 15.3 Å². The number of ether oxygens (including phenoxy) is 2. The second kappa shape index (κ2) is 8.17. The maximum atomic E-state index is 12.4. The summed E-state index contributed by atoms with van der Waals surface area (Å²) in [5, 5.41) is 10.7. The first kappa shape index (κ1) is 18.8. The van der Waals surface area contributed by atoms with Crippen molar-refractivity contribution in [3.05, 3.63) is 66.0 Å². The van der Waals surface area contributed by atoms with Crippen LogP contribution in [0.5, 0.6) is 11.5 Å². The zero-order chi connectivity index (χ0) is 20.1. The van der Waals surface area contributed by atoms with Gasteiger partial charge in [-0.3, -0.25) is 10.2 Å². The van der Waals surface area contributed by atoms with Gasteiger partial charge in [-0.2, -0.15) is 0 Å². The molecule has 0 bridgehead atoms. The molecular formula is C20H19N5O3. The van der Waals surface area contributed by atoms with E-state index in [0.717, 1.165) is 5.56 Å². The summed E-state index contributed by atoms with van der Waals surface area (Å²) < 4.78 is 10.2. The van der Waals surface area contributed by atoms with E-state index >= 15 is 0 Å². The largest absolute Gasteiger partial charge is 0.497 e. The smallest absolute Gasteiger partial charge is 0.256 e. The molecule has 142 valence electrons. The Bertz CT molecular complexity index is 1000. The van der Waals surface area contributed by atoms with Gasteiger partial charge in [-0.15, -0.1) is 0 Å². The topological polar surface area (TPSA) is 123 Å². The molecule has 0 aliphatic rings. The van der Waals surface area contributed by atoms with E-state index in [4.69, 9.17) is 20.6 Å². The highest BCUT2D eigenvalue weighted by Gasteiger charge is 2.15. The number of carbonyl (C=O) groups is 1. The molecule has 0 aliphatic heterocycles. The van der Waals surface area contributed by atoms with Crippen LogP contribution >= 0.6 is 0 Å². The van der Waals surface area contributed by atoms with Crippen LogP contribution in [0, 0.1) is 5.41 Å². The summed E-state index contributed by atoms with van der Waals surface area (Å²) in [5.41, 5.74) is 7.64. The van der Waals surface area contributed by atoms with E-state index in [1.165, 1.54) is 6.20 Å². The number of aromatic nitrogens is 2. The Balaban J connectivity index is 1.81. The maximum Gasteiger partial charge on any atom is 0.256 e. The SMILES string of the molecule is COc1ccc(C(=O)NC(=N)c2nc(-c3ccc(OC)cc3)cnc2N)cc1. The van der Waals surface area contributed by atoms with Crippen molar-refractivity contribution in [1.29, 1.82) is 5.41 Å². The van der Waals surface area contributed by atoms with E-state index in [0.29, 0.717) is 22.8 Å². The predicted octanol–water partition coefficient (Wildman–Crippen LogP) is 2.50. The fourth-order valence-electron chi connectivity index (χ4n) is 2.47. The zero-order valence-electron chi connectivity index (χ0n) is 15.4. The summed E-state index contributed by atoms with van der Waals surface area (Å²) in [7, 11) is 3.13. The Kier molecular flexibility index (Phi) is 5.50. The minimum atomic E-state index is -0.455. The van der Waals surface area contributed by atoms with Crippen LogP contribution in [-0.4, -0.2) is 35.9 Å². The lowest BCUT2D eigenvalue weighted by Gasteiger charge is -2.10. The summed E-state index contributed by atoms with van der Waals surface area (Å²) >= 11 is 0. The van der Waals surface area contributed by atoms with Crippen molar-refractivity contribution in [2.24, 2.45) is 0 Å². The number of carbonyl (C=O) groups excluding carboxylic acids is 1. The van der Waals surface area contributed by atoms with Gasteiger partial charge in [-0.05, 0) is 48.5 Å². The summed E-state index contributed by atoms with van der Waals surface area (Å²) in [6.45, 7) is 0. The molecule has 1 amide bonds. The summed E-state index contributed by atoms with van der Waals surface area (Å²) in [6, 6.07) is 13.8. The van der Waals surface area contributed by atoms with E-state index in [9.17, 15) is 4.79 Å². The van der Waals surface area contributed by atoms with Crippen molar-refractivity contribution in [3.63, 3.8) is 0 Å². The highest BCUT2D eigenvalue weighted by Crippen LogP contribution is 2.21. The average molecular weight is 377 g/mol. The molecular weight excluding hydrogens is 358 g/mol. The molecule has 0 atom stereocenters. The second-order valence-corrected chi connectivity index (χ2v) is 5.78. The fourth-order valence-corrected chi connectivity index (χ4v) is 2.47. The molecule has 3 aromatic rings. The van der Waals surface area contributed by atoms with Crippen molar-refractivity contribution in [2.45, 2.75) is 0 Å². The van der Waals surface area contributed by atoms with Crippen LogP contribution in [0.15, 0.2) is 54.7 Å². The molecule has 8 heteroatoms. The predicted molar refractivity (Wildman–Crippen MR) is 106 cm³/mol. The van der Waals surface area contributed by atoms with Gasteiger partial charge in [0.15, 0.2) is 11.7 Å². The molecule has 1 aromatic heterocycles. The Morgan fingerprint density at radius 2 is 1.57 bits per heavy atom. The van der Waals surface area contributed by atoms with Crippen molar-refractivity contribution in [2.75, 3.05) is 20.0 Å². The van der Waals surface area contributed by atoms with Crippen LogP contribution in [0.4, 0.5) is 5.82 Å². The lowest BCUT2D eigenvalue weighted by Crippen LogP contribution is -2.32. The number of methoxy groups -OCH3 is 2. The number of hydrogen-bond acceptors (Lipinski definition) is 7. The zero-order valence-corrected chi connectivity index (χ0v) is 15.4. The van der Waals surface area contributed by atoms with E-state index < -0.39 is 5.91 Å². The van der Waals surface area contributed by atoms with Crippen molar-refractivity contribution < 1.29 is 14.3 Å². The number of nitrogens with one attached hydrogen (secondary N) is 2. The third-order valence-electron chi connectivity index (χ3n) is 4.01. The molecule has 28 heavy (non-hydrogen) atoms. The molecule has 0 saturated carbocycles. The van der Waals surface area contributed by atoms with E-state index in [1.54, 1.807) is 50.6 Å². The molecule has 0 saturated heterocycles. The van der Waals surface area contributed by atoms with Crippen LogP contribution < -0.4 is 20.5 Å². The maximum absolute atomic E-state index is 12.4. The molecule has 1 heterocycles. The number of benzene rings is 2. The highest BCUT2D eigenvalue weighted by atomic mass is 16.5. The Morgan fingerprint density at radius 1 is 1.00 bits per heavy atom. The van der Waals surface area contributed by atoms with Gasteiger partial charge in [0.1, 0.15) is 17.2 Å². The first-order valence-electron chi connectivity index (χ1n) is 8.33. The molecule has 0 unspecified atom stereocenters. The molecule has 0 radical (unpaired) electrons. The van der Waals surface area contributed by atoms with Gasteiger partial charge < -0.3 is 20.5 Å². The number of rotatable bonds is 5. The monoisotopic (exact) mass is 377 g/mol. The lowest BCUT2D eigenvalue weighted by molar-refractivity contribution is 0.0977. The van der Waals surface area contributed by atoms with Gasteiger partial charge in [-0.25, -0.2) is 9.97 Å². The van der Waals surface area contributed by atoms with Crippen LogP contribution in [0.3, 0.4) is 0 Å². The third kappa shape index (κ3) is 4.07. The Morgan fingerprint density at radius 3 is 2.14 bits per heavy atom. The first-order valence-corrected chi connectivity index (χ1v) is 8.33. The lowest BCUT2D eigenvalue weighted by atomic mass is 10.1.